The van der Waals surface area contributed by atoms with Crippen LogP contribution in [0, 0.1) is 31.8 Å². The third kappa shape index (κ3) is 15.0. The number of hydrogen-bond acceptors (Lipinski definition) is 29. The molecule has 432 valence electrons. The van der Waals surface area contributed by atoms with Gasteiger partial charge in [0.05, 0.1) is 70.2 Å². The number of aromatic nitrogens is 14. The maximum absolute atomic E-state index is 13.2. The number of anilines is 4. The van der Waals surface area contributed by atoms with Gasteiger partial charge in [-0.05, 0) is 68.8 Å². The molecule has 0 saturated carbocycles. The van der Waals surface area contributed by atoms with Crippen molar-refractivity contribution in [2.75, 3.05) is 59.8 Å². The van der Waals surface area contributed by atoms with Crippen LogP contribution in [0.15, 0.2) is 101 Å². The molecule has 2 aromatic carbocycles. The number of nitrogen functional groups attached to an aromatic ring is 2. The first-order valence-electron chi connectivity index (χ1n) is 23.3. The molecule has 0 bridgehead atoms. The largest absolute Gasteiger partial charge is 0.382 e. The number of H-pyrrole nitrogens is 2. The van der Waals surface area contributed by atoms with Crippen molar-refractivity contribution in [3.63, 3.8) is 0 Å². The predicted molar refractivity (Wildman–Crippen MR) is 290 cm³/mol. The lowest BCUT2D eigenvalue weighted by Gasteiger charge is -2.09. The number of nitrogens with two attached hydrogens (primary N) is 2. The molecule has 0 aliphatic rings. The van der Waals surface area contributed by atoms with Crippen molar-refractivity contribution in [2.45, 2.75) is 30.1 Å². The molecule has 0 aliphatic heterocycles. The molecular weight excluding hydrogens is 1180 g/mol. The monoisotopic (exact) mass is 1220 g/mol. The fourth-order valence-electron chi connectivity index (χ4n) is 6.90. The zero-order valence-corrected chi connectivity index (χ0v) is 45.8. The van der Waals surface area contributed by atoms with Gasteiger partial charge in [0.25, 0.3) is 37.8 Å². The van der Waals surface area contributed by atoms with Crippen LogP contribution in [-0.2, 0) is 39.6 Å². The average molecular weight is 1220 g/mol. The van der Waals surface area contributed by atoms with E-state index in [1.165, 1.54) is 52.9 Å². The second-order valence-corrected chi connectivity index (χ2v) is 22.2. The van der Waals surface area contributed by atoms with Crippen LogP contribution in [-0.4, -0.2) is 141 Å². The molecule has 12 N–H and O–H groups in total. The van der Waals surface area contributed by atoms with E-state index >= 15 is 0 Å². The van der Waals surface area contributed by atoms with Gasteiger partial charge < -0.3 is 22.1 Å². The van der Waals surface area contributed by atoms with E-state index in [0.29, 0.717) is 16.3 Å². The molecule has 0 aliphatic carbocycles. The van der Waals surface area contributed by atoms with Crippen molar-refractivity contribution in [1.82, 2.24) is 79.2 Å². The number of aryl methyl sites for hydroxylation is 2. The van der Waals surface area contributed by atoms with Crippen LogP contribution in [0.5, 0.6) is 0 Å². The van der Waals surface area contributed by atoms with E-state index in [1.807, 2.05) is 6.07 Å². The van der Waals surface area contributed by atoms with E-state index in [1.54, 1.807) is 31.2 Å². The number of hydroxylamine groups is 1. The first-order valence-corrected chi connectivity index (χ1v) is 28.7. The topological polar surface area (TPSA) is 528 Å². The third-order valence-corrected chi connectivity index (χ3v) is 14.2. The van der Waals surface area contributed by atoms with Gasteiger partial charge in [0.15, 0.2) is 34.6 Å². The summed E-state index contributed by atoms with van der Waals surface area (Å²) in [4.78, 5) is 53.7. The first kappa shape index (κ1) is 59.4. The Morgan fingerprint density at radius 1 is 0.711 bits per heavy atom. The second kappa shape index (κ2) is 25.4. The smallest absolute Gasteiger partial charge is 0.351 e. The van der Waals surface area contributed by atoms with Crippen molar-refractivity contribution < 1.29 is 43.7 Å². The van der Waals surface area contributed by atoms with Gasteiger partial charge >= 0.3 is 11.4 Å². The first-order chi connectivity index (χ1) is 39.5. The Morgan fingerprint density at radius 2 is 1.22 bits per heavy atom. The third-order valence-electron chi connectivity index (χ3n) is 10.7. The summed E-state index contributed by atoms with van der Waals surface area (Å²) >= 11 is 0.843. The van der Waals surface area contributed by atoms with E-state index in [9.17, 15) is 40.1 Å². The Hall–Kier alpha value is -9.76. The Labute approximate surface area is 470 Å². The summed E-state index contributed by atoms with van der Waals surface area (Å²) in [6.07, 6.45) is 2.78. The van der Waals surface area contributed by atoms with Crippen LogP contribution in [0.2, 0.25) is 0 Å². The fraction of sp³-hybridized carbons (Fsp3) is 0.220. The van der Waals surface area contributed by atoms with E-state index in [-0.39, 0.29) is 119 Å². The summed E-state index contributed by atoms with van der Waals surface area (Å²) in [7, 11) is -12.6. The van der Waals surface area contributed by atoms with E-state index in [2.05, 4.69) is 96.4 Å². The molecule has 6 aromatic heterocycles. The molecular formula is C41H42N26O12S4. The highest BCUT2D eigenvalue weighted by molar-refractivity contribution is 7.94. The minimum absolute atomic E-state index is 0.00275. The number of sulfonamides is 1. The molecule has 0 radical (unpaired) electrons. The van der Waals surface area contributed by atoms with Gasteiger partial charge in [0.1, 0.15) is 11.6 Å². The number of nitriles is 1. The average Bonchev–Trinajstić information content (AvgIpc) is 4.42. The van der Waals surface area contributed by atoms with Crippen molar-refractivity contribution in [3.8, 4) is 29.3 Å². The quantitative estimate of drug-likeness (QED) is 0.00703. The van der Waals surface area contributed by atoms with Crippen LogP contribution in [0.25, 0.3) is 28.1 Å². The summed E-state index contributed by atoms with van der Waals surface area (Å²) in [6.45, 7) is 10.3. The van der Waals surface area contributed by atoms with Gasteiger partial charge in [-0.3, -0.25) is 19.1 Å². The molecule has 8 aromatic rings. The Kier molecular flexibility index (Phi) is 18.1. The number of nitrogens with zero attached hydrogens (tertiary/aromatic N) is 18. The van der Waals surface area contributed by atoms with Crippen LogP contribution in [0.1, 0.15) is 23.4 Å². The number of rotatable bonds is 26. The normalized spacial score (nSPS) is 12.1. The van der Waals surface area contributed by atoms with Gasteiger partial charge in [0, 0.05) is 31.1 Å². The highest BCUT2D eigenvalue weighted by Gasteiger charge is 2.22. The van der Waals surface area contributed by atoms with Crippen LogP contribution >= 0.6 is 12.0 Å². The number of hydrogen-bond donors (Lipinski definition) is 10. The van der Waals surface area contributed by atoms with Crippen LogP contribution in [0.3, 0.4) is 0 Å². The van der Waals surface area contributed by atoms with Gasteiger partial charge in [-0.2, -0.15) is 77.3 Å². The lowest BCUT2D eigenvalue weighted by Crippen LogP contribution is -2.27. The number of aromatic amines is 2. The van der Waals surface area contributed by atoms with E-state index in [4.69, 9.17) is 36.5 Å². The summed E-state index contributed by atoms with van der Waals surface area (Å²) in [6, 6.07) is 14.2. The van der Waals surface area contributed by atoms with E-state index < -0.39 is 53.1 Å². The van der Waals surface area contributed by atoms with Crippen LogP contribution in [0.4, 0.5) is 52.2 Å². The fourth-order valence-corrected chi connectivity index (χ4v) is 9.10. The summed E-state index contributed by atoms with van der Waals surface area (Å²) < 4.78 is 101. The molecule has 0 saturated heterocycles. The Morgan fingerprint density at radius 3 is 1.73 bits per heavy atom. The van der Waals surface area contributed by atoms with Crippen molar-refractivity contribution in [2.24, 2.45) is 20.5 Å². The molecule has 0 amide bonds. The highest BCUT2D eigenvalue weighted by atomic mass is 32.2. The molecule has 38 nitrogen and oxygen atoms in total. The minimum atomic E-state index is -4.30. The maximum Gasteiger partial charge on any atom is 0.351 e. The summed E-state index contributed by atoms with van der Waals surface area (Å²) in [5, 5.41) is 48.7. The van der Waals surface area contributed by atoms with Crippen molar-refractivity contribution in [3.05, 3.63) is 110 Å². The van der Waals surface area contributed by atoms with E-state index in [0.717, 1.165) is 21.4 Å². The summed E-state index contributed by atoms with van der Waals surface area (Å²) in [5.41, 5.74) is 14.7. The second-order valence-electron chi connectivity index (χ2n) is 16.5. The SMILES string of the molecule is [C-]#[N+]c1cnn(-c2ccc(S(=O)(=O)NCCCNOOSc3ccc(-n4ncc(C#N)c4N=Nc4c(C)nn(-c5nc(NCCS(=O)(=O)O)[nH]c(=O)n5)c4N)cc3)cc2)c1N=Nc1c(C)nn(-c2nc(NCCS(=O)(=O)O)[nH]c(=O)n2)c1N. The lowest BCUT2D eigenvalue weighted by atomic mass is 10.3. The number of benzene rings is 2. The molecule has 0 atom stereocenters. The lowest BCUT2D eigenvalue weighted by molar-refractivity contribution is -0.244. The zero-order valence-electron chi connectivity index (χ0n) is 42.5. The minimum Gasteiger partial charge on any atom is -0.382 e. The molecule has 0 unspecified atom stereocenters. The zero-order chi connectivity index (χ0) is 59.6. The van der Waals surface area contributed by atoms with Crippen LogP contribution < -0.4 is 43.7 Å². The summed E-state index contributed by atoms with van der Waals surface area (Å²) in [5.74, 6) is -2.64. The molecule has 83 heavy (non-hydrogen) atoms. The molecule has 0 spiro atoms. The van der Waals surface area contributed by atoms with Crippen molar-refractivity contribution in [1.29, 1.82) is 5.26 Å². The molecule has 8 rings (SSSR count). The number of nitrogens with one attached hydrogen (secondary N) is 6. The highest BCUT2D eigenvalue weighted by Crippen LogP contribution is 2.36. The standard InChI is InChI=1S/C41H42N26O12S4/c1-22-30(32(43)66(62-22)38-52-36(54-40(68)56-38)46-15-17-81(70,71)72)58-60-34-24(19-42)20-48-64(34)25-5-9-27(10-6-25)80-79-78-50-13-4-14-51-83(76,77)28-11-7-26(8-12-28)65-35(29(45-3)21-49-65)61-59-31-23(2)63-67(33(31)44)39-53-37(55-41(69)57-39)47-16-18-82(73,74)75/h5-12,20-21,50-51H,4,13-18,43-44H2,1-2H3,(H,70,71,72)(H,73,74,75)(H2,46,52,54,56,68)(H2,47,53,55,57,69). The van der Waals surface area contributed by atoms with Gasteiger partial charge in [-0.25, -0.2) is 36.9 Å². The number of azo groups is 2. The Balaban J connectivity index is 0.808. The van der Waals surface area contributed by atoms with Gasteiger partial charge in [0.2, 0.25) is 21.9 Å². The molecule has 0 fully saturated rings. The van der Waals surface area contributed by atoms with Gasteiger partial charge in [-0.15, -0.1) is 29.8 Å². The Bertz CT molecular complexity index is 4330. The molecule has 42 heteroatoms. The predicted octanol–water partition coefficient (Wildman–Crippen LogP) is 1.85. The molecule has 6 heterocycles. The van der Waals surface area contributed by atoms with Gasteiger partial charge in [-0.1, -0.05) is 0 Å². The maximum atomic E-state index is 13.2. The van der Waals surface area contributed by atoms with Crippen molar-refractivity contribution >= 4 is 94.5 Å².